The molecule has 0 bridgehead atoms. The van der Waals surface area contributed by atoms with Crippen LogP contribution in [0.4, 0.5) is 4.79 Å². The lowest BCUT2D eigenvalue weighted by molar-refractivity contribution is -0.119. The Kier molecular flexibility index (Phi) is 7.01. The zero-order chi connectivity index (χ0) is 19.1. The first-order valence-corrected chi connectivity index (χ1v) is 10.5. The Morgan fingerprint density at radius 3 is 2.52 bits per heavy atom. The lowest BCUT2D eigenvalue weighted by Crippen LogP contribution is -2.46. The second-order valence-electron chi connectivity index (χ2n) is 6.93. The highest BCUT2D eigenvalue weighted by atomic mass is 32.1. The van der Waals surface area contributed by atoms with Gasteiger partial charge in [-0.1, -0.05) is 50.1 Å². The van der Waals surface area contributed by atoms with Crippen molar-refractivity contribution in [1.29, 1.82) is 0 Å². The maximum Gasteiger partial charge on any atom is 0.321 e. The van der Waals surface area contributed by atoms with Gasteiger partial charge < -0.3 is 5.32 Å². The number of amides is 3. The van der Waals surface area contributed by atoms with Gasteiger partial charge in [0.15, 0.2) is 0 Å². The Hall–Kier alpha value is -2.18. The van der Waals surface area contributed by atoms with E-state index in [4.69, 9.17) is 0 Å². The van der Waals surface area contributed by atoms with Crippen LogP contribution in [-0.4, -0.2) is 24.5 Å². The fraction of sp³-hybridized carbons (Fsp3) is 0.429. The predicted molar refractivity (Wildman–Crippen MR) is 109 cm³/mol. The summed E-state index contributed by atoms with van der Waals surface area (Å²) < 4.78 is 0. The number of imide groups is 1. The molecule has 1 aromatic carbocycles. The van der Waals surface area contributed by atoms with E-state index in [2.05, 4.69) is 53.2 Å². The van der Waals surface area contributed by atoms with Gasteiger partial charge >= 0.3 is 6.03 Å². The van der Waals surface area contributed by atoms with Crippen LogP contribution in [-0.2, 0) is 11.2 Å². The number of carbonyl (C=O) groups is 2. The number of rotatable bonds is 7. The molecule has 1 aliphatic rings. The molecule has 0 spiro atoms. The summed E-state index contributed by atoms with van der Waals surface area (Å²) in [7, 11) is 0. The molecule has 1 atom stereocenters. The molecule has 0 radical (unpaired) electrons. The predicted octanol–water partition coefficient (Wildman–Crippen LogP) is 3.76. The van der Waals surface area contributed by atoms with Gasteiger partial charge in [-0.3, -0.25) is 15.4 Å². The van der Waals surface area contributed by atoms with Crippen LogP contribution in [0, 0.1) is 0 Å². The van der Waals surface area contributed by atoms with Crippen LogP contribution in [0.15, 0.2) is 41.8 Å². The molecule has 1 aromatic heterocycles. The zero-order valence-corrected chi connectivity index (χ0v) is 16.5. The standard InChI is InChI=1S/C21H27N3O2S/c1-2-15-9-11-16(12-10-15)20(18-8-5-13-27-18)22-14-19(25)24-21(26)23-17-6-3-4-7-17/h5,8-13,17,20,22H,2-4,6-7,14H2,1H3,(H2,23,24,25,26)/t20-/m1/s1. The molecule has 144 valence electrons. The quantitative estimate of drug-likeness (QED) is 0.680. The molecule has 1 saturated carbocycles. The van der Waals surface area contributed by atoms with Crippen molar-refractivity contribution in [2.75, 3.05) is 6.54 Å². The monoisotopic (exact) mass is 385 g/mol. The minimum atomic E-state index is -0.395. The Bertz CT molecular complexity index is 737. The molecule has 0 unspecified atom stereocenters. The average molecular weight is 386 g/mol. The number of aryl methyl sites for hydroxylation is 1. The number of carbonyl (C=O) groups excluding carboxylic acids is 2. The highest BCUT2D eigenvalue weighted by molar-refractivity contribution is 7.10. The van der Waals surface area contributed by atoms with Crippen LogP contribution in [0.25, 0.3) is 0 Å². The lowest BCUT2D eigenvalue weighted by atomic mass is 10.0. The largest absolute Gasteiger partial charge is 0.335 e. The third-order valence-electron chi connectivity index (χ3n) is 4.96. The molecule has 3 amide bonds. The fourth-order valence-electron chi connectivity index (χ4n) is 3.44. The minimum Gasteiger partial charge on any atom is -0.335 e. The molecule has 5 nitrogen and oxygen atoms in total. The zero-order valence-electron chi connectivity index (χ0n) is 15.7. The number of thiophene rings is 1. The normalized spacial score (nSPS) is 15.4. The van der Waals surface area contributed by atoms with Gasteiger partial charge in [-0.15, -0.1) is 11.3 Å². The summed E-state index contributed by atoms with van der Waals surface area (Å²) in [4.78, 5) is 25.3. The lowest BCUT2D eigenvalue weighted by Gasteiger charge is -2.18. The van der Waals surface area contributed by atoms with Crippen LogP contribution in [0.1, 0.15) is 54.7 Å². The SMILES string of the molecule is CCc1ccc([C@@H](NCC(=O)NC(=O)NC2CCCC2)c2cccs2)cc1. The van der Waals surface area contributed by atoms with Crippen LogP contribution in [0.2, 0.25) is 0 Å². The van der Waals surface area contributed by atoms with Crippen molar-refractivity contribution in [2.24, 2.45) is 0 Å². The van der Waals surface area contributed by atoms with Crippen molar-refractivity contribution in [2.45, 2.75) is 51.1 Å². The molecule has 0 saturated heterocycles. The molecule has 1 heterocycles. The molecule has 1 fully saturated rings. The molecule has 2 aromatic rings. The topological polar surface area (TPSA) is 70.2 Å². The van der Waals surface area contributed by atoms with Crippen molar-refractivity contribution >= 4 is 23.3 Å². The van der Waals surface area contributed by atoms with Crippen molar-refractivity contribution in [3.8, 4) is 0 Å². The third-order valence-corrected chi connectivity index (χ3v) is 5.90. The molecule has 6 heteroatoms. The number of hydrogen-bond donors (Lipinski definition) is 3. The molecular formula is C21H27N3O2S. The van der Waals surface area contributed by atoms with Crippen LogP contribution in [0.3, 0.4) is 0 Å². The first kappa shape index (κ1) is 19.6. The Morgan fingerprint density at radius 2 is 1.89 bits per heavy atom. The van der Waals surface area contributed by atoms with E-state index in [1.54, 1.807) is 11.3 Å². The smallest absolute Gasteiger partial charge is 0.321 e. The van der Waals surface area contributed by atoms with Gasteiger partial charge in [0.25, 0.3) is 0 Å². The maximum atomic E-state index is 12.2. The Morgan fingerprint density at radius 1 is 1.15 bits per heavy atom. The molecule has 0 aliphatic heterocycles. The van der Waals surface area contributed by atoms with Crippen molar-refractivity contribution in [3.05, 3.63) is 57.8 Å². The van der Waals surface area contributed by atoms with E-state index in [1.807, 2.05) is 11.4 Å². The summed E-state index contributed by atoms with van der Waals surface area (Å²) in [5.41, 5.74) is 2.39. The minimum absolute atomic E-state index is 0.0699. The summed E-state index contributed by atoms with van der Waals surface area (Å²) >= 11 is 1.65. The summed E-state index contributed by atoms with van der Waals surface area (Å²) in [6.07, 6.45) is 5.26. The van der Waals surface area contributed by atoms with E-state index in [0.717, 1.165) is 42.5 Å². The van der Waals surface area contributed by atoms with E-state index in [-0.39, 0.29) is 24.5 Å². The van der Waals surface area contributed by atoms with Crippen LogP contribution < -0.4 is 16.0 Å². The molecule has 27 heavy (non-hydrogen) atoms. The third kappa shape index (κ3) is 5.65. The van der Waals surface area contributed by atoms with Crippen LogP contribution in [0.5, 0.6) is 0 Å². The highest BCUT2D eigenvalue weighted by Gasteiger charge is 2.20. The number of nitrogens with one attached hydrogen (secondary N) is 3. The molecule has 1 aliphatic carbocycles. The molecule has 3 rings (SSSR count). The van der Waals surface area contributed by atoms with E-state index in [0.29, 0.717) is 0 Å². The van der Waals surface area contributed by atoms with Gasteiger partial charge in [0, 0.05) is 10.9 Å². The molecular weight excluding hydrogens is 358 g/mol. The highest BCUT2D eigenvalue weighted by Crippen LogP contribution is 2.26. The van der Waals surface area contributed by atoms with Gasteiger partial charge in [0.2, 0.25) is 5.91 Å². The average Bonchev–Trinajstić information content (AvgIpc) is 3.36. The summed E-state index contributed by atoms with van der Waals surface area (Å²) in [6, 6.07) is 12.2. The Labute approximate surface area is 164 Å². The van der Waals surface area contributed by atoms with E-state index < -0.39 is 6.03 Å². The van der Waals surface area contributed by atoms with Gasteiger partial charge in [-0.05, 0) is 41.8 Å². The first-order valence-electron chi connectivity index (χ1n) is 9.61. The Balaban J connectivity index is 1.57. The van der Waals surface area contributed by atoms with Gasteiger partial charge in [-0.2, -0.15) is 0 Å². The maximum absolute atomic E-state index is 12.2. The van der Waals surface area contributed by atoms with Gasteiger partial charge in [0.1, 0.15) is 0 Å². The van der Waals surface area contributed by atoms with Crippen molar-refractivity contribution < 1.29 is 9.59 Å². The van der Waals surface area contributed by atoms with Crippen molar-refractivity contribution in [1.82, 2.24) is 16.0 Å². The van der Waals surface area contributed by atoms with Gasteiger partial charge in [-0.25, -0.2) is 4.79 Å². The van der Waals surface area contributed by atoms with Crippen LogP contribution >= 0.6 is 11.3 Å². The summed E-state index contributed by atoms with van der Waals surface area (Å²) in [5.74, 6) is -0.322. The number of benzene rings is 1. The van der Waals surface area contributed by atoms with E-state index >= 15 is 0 Å². The summed E-state index contributed by atoms with van der Waals surface area (Å²) in [6.45, 7) is 2.21. The number of urea groups is 1. The van der Waals surface area contributed by atoms with Crippen molar-refractivity contribution in [3.63, 3.8) is 0 Å². The second-order valence-corrected chi connectivity index (χ2v) is 7.91. The number of hydrogen-bond acceptors (Lipinski definition) is 4. The van der Waals surface area contributed by atoms with E-state index in [1.165, 1.54) is 5.56 Å². The first-order chi connectivity index (χ1) is 13.2. The second kappa shape index (κ2) is 9.67. The van der Waals surface area contributed by atoms with E-state index in [9.17, 15) is 9.59 Å². The fourth-order valence-corrected chi connectivity index (χ4v) is 4.27. The molecule has 3 N–H and O–H groups in total. The summed E-state index contributed by atoms with van der Waals surface area (Å²) in [5, 5.41) is 10.6. The van der Waals surface area contributed by atoms with Gasteiger partial charge in [0.05, 0.1) is 12.6 Å².